The van der Waals surface area contributed by atoms with Gasteiger partial charge in [-0.3, -0.25) is 9.69 Å². The van der Waals surface area contributed by atoms with E-state index in [2.05, 4.69) is 11.8 Å². The summed E-state index contributed by atoms with van der Waals surface area (Å²) in [5.41, 5.74) is 5.93. The molecule has 5 N–H and O–H groups in total. The molecule has 1 heterocycles. The van der Waals surface area contributed by atoms with Crippen molar-refractivity contribution in [1.82, 2.24) is 4.90 Å². The van der Waals surface area contributed by atoms with E-state index in [1.807, 2.05) is 18.2 Å². The first kappa shape index (κ1) is 23.5. The zero-order chi connectivity index (χ0) is 20.9. The molecule has 1 aromatic carbocycles. The van der Waals surface area contributed by atoms with E-state index >= 15 is 0 Å². The van der Waals surface area contributed by atoms with Gasteiger partial charge in [0, 0.05) is 21.7 Å². The molecule has 156 valence electrons. The maximum Gasteiger partial charge on any atom is 0.451 e. The molecule has 1 fully saturated rings. The Hall–Kier alpha value is -0.825. The number of likely N-dealkylation sites (tertiary alicyclic amines) is 1. The van der Waals surface area contributed by atoms with Crippen LogP contribution in [0.25, 0.3) is 0 Å². The maximum absolute atomic E-state index is 11.9. The minimum Gasteiger partial charge on any atom is -0.480 e. The third kappa shape index (κ3) is 5.62. The van der Waals surface area contributed by atoms with Gasteiger partial charge in [0.15, 0.2) is 0 Å². The van der Waals surface area contributed by atoms with Crippen molar-refractivity contribution >= 4 is 36.3 Å². The zero-order valence-corrected chi connectivity index (χ0v) is 17.7. The van der Waals surface area contributed by atoms with Gasteiger partial charge in [-0.05, 0) is 63.6 Å². The number of hydrogen-bond donors (Lipinski definition) is 4. The summed E-state index contributed by atoms with van der Waals surface area (Å²) in [6.45, 7) is 3.49. The Bertz CT molecular complexity index is 651. The molecule has 0 bridgehead atoms. The van der Waals surface area contributed by atoms with Gasteiger partial charge in [0.25, 0.3) is 0 Å². The van der Waals surface area contributed by atoms with Crippen LogP contribution in [0.1, 0.15) is 50.6 Å². The van der Waals surface area contributed by atoms with Gasteiger partial charge in [0.2, 0.25) is 0 Å². The lowest BCUT2D eigenvalue weighted by molar-refractivity contribution is -0.147. The van der Waals surface area contributed by atoms with Gasteiger partial charge in [-0.25, -0.2) is 0 Å². The maximum atomic E-state index is 11.9. The number of carbonyl (C=O) groups is 1. The van der Waals surface area contributed by atoms with Gasteiger partial charge >= 0.3 is 13.1 Å². The normalized spacial score (nSPS) is 19.2. The van der Waals surface area contributed by atoms with E-state index in [0.717, 1.165) is 18.7 Å². The van der Waals surface area contributed by atoms with E-state index in [1.165, 1.54) is 0 Å². The van der Waals surface area contributed by atoms with E-state index in [9.17, 15) is 9.90 Å². The van der Waals surface area contributed by atoms with Crippen LogP contribution >= 0.6 is 23.2 Å². The summed E-state index contributed by atoms with van der Waals surface area (Å²) in [6, 6.07) is 5.50. The molecule has 6 nitrogen and oxygen atoms in total. The standard InChI is InChI=1S/C19H29BCl2N2O4/c1-13(17-15(21)5-4-6-16(17)22)24-11-7-14(8-12-24)19(23,18(25)26)9-2-3-10-20(27)28/h4-6,13-14,27-28H,2-3,7-12,23H2,1H3,(H,25,26)/t13?,19-/m0/s1. The highest BCUT2D eigenvalue weighted by Gasteiger charge is 2.43. The summed E-state index contributed by atoms with van der Waals surface area (Å²) >= 11 is 12.7. The van der Waals surface area contributed by atoms with Gasteiger partial charge in [0.1, 0.15) is 5.54 Å². The third-order valence-corrected chi connectivity index (χ3v) is 6.58. The SMILES string of the molecule is CC(c1c(Cl)cccc1Cl)N1CCC([C@@](N)(CCCCB(O)O)C(=O)O)CC1. The Balaban J connectivity index is 1.99. The van der Waals surface area contributed by atoms with Gasteiger partial charge in [-0.15, -0.1) is 0 Å². The van der Waals surface area contributed by atoms with Crippen molar-refractivity contribution in [3.8, 4) is 0 Å². The molecule has 1 aliphatic heterocycles. The quantitative estimate of drug-likeness (QED) is 0.354. The van der Waals surface area contributed by atoms with Crippen molar-refractivity contribution in [3.05, 3.63) is 33.8 Å². The minimum atomic E-state index is -1.36. The van der Waals surface area contributed by atoms with E-state index < -0.39 is 18.6 Å². The molecule has 1 unspecified atom stereocenters. The summed E-state index contributed by atoms with van der Waals surface area (Å²) in [4.78, 5) is 14.2. The number of benzene rings is 1. The molecule has 9 heteroatoms. The second-order valence-corrected chi connectivity index (χ2v) is 8.51. The van der Waals surface area contributed by atoms with Gasteiger partial charge in [-0.2, -0.15) is 0 Å². The number of carboxylic acid groups (broad SMARTS) is 1. The lowest BCUT2D eigenvalue weighted by atomic mass is 9.74. The molecule has 0 radical (unpaired) electrons. The molecule has 0 amide bonds. The van der Waals surface area contributed by atoms with Crippen LogP contribution in [0.4, 0.5) is 0 Å². The number of halogens is 2. The van der Waals surface area contributed by atoms with Crippen LogP contribution in [0.2, 0.25) is 16.4 Å². The van der Waals surface area contributed by atoms with Crippen LogP contribution < -0.4 is 5.73 Å². The number of hydrogen-bond acceptors (Lipinski definition) is 5. The summed E-state index contributed by atoms with van der Waals surface area (Å²) in [7, 11) is -1.36. The average Bonchev–Trinajstić information content (AvgIpc) is 2.64. The average molecular weight is 431 g/mol. The van der Waals surface area contributed by atoms with Gasteiger partial charge < -0.3 is 20.9 Å². The number of nitrogens with zero attached hydrogens (tertiary/aromatic N) is 1. The number of rotatable bonds is 9. The number of unbranched alkanes of at least 4 members (excludes halogenated alkanes) is 1. The molecule has 1 aromatic rings. The van der Waals surface area contributed by atoms with E-state index in [4.69, 9.17) is 39.0 Å². The Labute approximate surface area is 176 Å². The van der Waals surface area contributed by atoms with E-state index in [0.29, 0.717) is 42.1 Å². The highest BCUT2D eigenvalue weighted by atomic mass is 35.5. The number of piperidine rings is 1. The second kappa shape index (κ2) is 10.3. The zero-order valence-electron chi connectivity index (χ0n) is 16.2. The summed E-state index contributed by atoms with van der Waals surface area (Å²) in [6.07, 6.45) is 2.99. The topological polar surface area (TPSA) is 107 Å². The highest BCUT2D eigenvalue weighted by molar-refractivity contribution is 6.40. The van der Waals surface area contributed by atoms with E-state index in [-0.39, 0.29) is 18.3 Å². The first-order chi connectivity index (χ1) is 13.2. The largest absolute Gasteiger partial charge is 0.480 e. The number of aliphatic carboxylic acids is 1. The minimum absolute atomic E-state index is 0.0326. The molecular weight excluding hydrogens is 402 g/mol. The highest BCUT2D eigenvalue weighted by Crippen LogP contribution is 2.38. The molecule has 2 atom stereocenters. The van der Waals surface area contributed by atoms with Crippen molar-refractivity contribution in [3.63, 3.8) is 0 Å². The van der Waals surface area contributed by atoms with Crippen LogP contribution in [0.15, 0.2) is 18.2 Å². The fraction of sp³-hybridized carbons (Fsp3) is 0.632. The fourth-order valence-electron chi connectivity index (χ4n) is 4.12. The molecule has 1 aliphatic rings. The molecule has 1 saturated heterocycles. The molecule has 0 saturated carbocycles. The lowest BCUT2D eigenvalue weighted by Crippen LogP contribution is -2.57. The molecule has 2 rings (SSSR count). The van der Waals surface area contributed by atoms with Crippen LogP contribution in [0.3, 0.4) is 0 Å². The van der Waals surface area contributed by atoms with Crippen LogP contribution in [0, 0.1) is 5.92 Å². The van der Waals surface area contributed by atoms with Crippen LogP contribution in [-0.2, 0) is 4.79 Å². The first-order valence-electron chi connectivity index (χ1n) is 9.73. The first-order valence-corrected chi connectivity index (χ1v) is 10.5. The Kier molecular flexibility index (Phi) is 8.61. The number of nitrogens with two attached hydrogens (primary N) is 1. The molecule has 0 aromatic heterocycles. The van der Waals surface area contributed by atoms with Gasteiger partial charge in [0.05, 0.1) is 0 Å². The van der Waals surface area contributed by atoms with E-state index in [1.54, 1.807) is 0 Å². The van der Waals surface area contributed by atoms with Crippen molar-refractivity contribution in [2.75, 3.05) is 13.1 Å². The fourth-order valence-corrected chi connectivity index (χ4v) is 4.84. The predicted octanol–water partition coefficient (Wildman–Crippen LogP) is 3.19. The molecule has 28 heavy (non-hydrogen) atoms. The Morgan fingerprint density at radius 1 is 1.29 bits per heavy atom. The third-order valence-electron chi connectivity index (χ3n) is 5.92. The Morgan fingerprint density at radius 2 is 1.86 bits per heavy atom. The summed E-state index contributed by atoms with van der Waals surface area (Å²) in [5, 5.41) is 28.9. The number of carboxylic acids is 1. The second-order valence-electron chi connectivity index (χ2n) is 7.69. The summed E-state index contributed by atoms with van der Waals surface area (Å²) < 4.78 is 0. The molecular formula is C19H29BCl2N2O4. The predicted molar refractivity (Wildman–Crippen MR) is 113 cm³/mol. The lowest BCUT2D eigenvalue weighted by Gasteiger charge is -2.42. The summed E-state index contributed by atoms with van der Waals surface area (Å²) in [5.74, 6) is -1.12. The van der Waals surface area contributed by atoms with Crippen molar-refractivity contribution in [1.29, 1.82) is 0 Å². The van der Waals surface area contributed by atoms with Gasteiger partial charge in [-0.1, -0.05) is 42.1 Å². The van der Waals surface area contributed by atoms with Crippen molar-refractivity contribution in [2.24, 2.45) is 11.7 Å². The molecule has 0 aliphatic carbocycles. The smallest absolute Gasteiger partial charge is 0.451 e. The Morgan fingerprint density at radius 3 is 2.36 bits per heavy atom. The van der Waals surface area contributed by atoms with Crippen molar-refractivity contribution < 1.29 is 19.9 Å². The van der Waals surface area contributed by atoms with Crippen LogP contribution in [0.5, 0.6) is 0 Å². The van der Waals surface area contributed by atoms with Crippen LogP contribution in [-0.4, -0.2) is 51.8 Å². The molecule has 0 spiro atoms. The van der Waals surface area contributed by atoms with Crippen molar-refractivity contribution in [2.45, 2.75) is 56.9 Å². The monoisotopic (exact) mass is 430 g/mol.